The number of aliphatic hydroxyl groups is 8. The minimum Gasteiger partial charge on any atom is -0.508 e. The molecule has 17 nitrogen and oxygen atoms in total. The molecule has 2 saturated heterocycles. The highest BCUT2D eigenvalue weighted by Crippen LogP contribution is 2.40. The Kier molecular flexibility index (Phi) is 9.38. The second-order valence-electron chi connectivity index (χ2n) is 10.4. The number of phenolic OH excluding ortho intramolecular Hbond substituents is 2. The van der Waals surface area contributed by atoms with Gasteiger partial charge in [-0.1, -0.05) is 0 Å². The Hall–Kier alpha value is -3.75. The Morgan fingerprint density at radius 3 is 1.87 bits per heavy atom. The molecule has 10 N–H and O–H groups in total. The highest BCUT2D eigenvalue weighted by Gasteiger charge is 2.46. The van der Waals surface area contributed by atoms with Crippen LogP contribution in [0.2, 0.25) is 0 Å². The zero-order valence-electron chi connectivity index (χ0n) is 23.4. The topological polar surface area (TPSA) is 279 Å². The molecule has 45 heavy (non-hydrogen) atoms. The van der Waals surface area contributed by atoms with Crippen molar-refractivity contribution in [3.05, 3.63) is 40.6 Å². The van der Waals surface area contributed by atoms with E-state index >= 15 is 0 Å². The number of phenols is 2. The quantitative estimate of drug-likeness (QED) is 0.119. The van der Waals surface area contributed by atoms with Crippen molar-refractivity contribution >= 4 is 11.0 Å². The van der Waals surface area contributed by atoms with Crippen LogP contribution < -0.4 is 19.6 Å². The maximum atomic E-state index is 13.7. The van der Waals surface area contributed by atoms with E-state index in [0.717, 1.165) is 12.1 Å². The Balaban J connectivity index is 1.58. The van der Waals surface area contributed by atoms with Crippen molar-refractivity contribution in [1.82, 2.24) is 0 Å². The molecule has 0 radical (unpaired) electrons. The summed E-state index contributed by atoms with van der Waals surface area (Å²) in [5.74, 6) is -2.25. The van der Waals surface area contributed by atoms with E-state index in [4.69, 9.17) is 28.1 Å². The summed E-state index contributed by atoms with van der Waals surface area (Å²) in [5.41, 5.74) is -1.23. The molecule has 2 aliphatic rings. The summed E-state index contributed by atoms with van der Waals surface area (Å²) in [4.78, 5) is 13.7. The van der Waals surface area contributed by atoms with Gasteiger partial charge in [0.05, 0.1) is 20.3 Å². The molecule has 1 aromatic heterocycles. The lowest BCUT2D eigenvalue weighted by atomic mass is 9.99. The standard InChI is InChI=1S/C28H32O17/c1-40-13-4-9(2-3-12(13)42-27-23(38)21(36)18(33)15(7-29)43-27)25-26(20(35)17-11(32)5-10(31)6-14(17)41-25)45-28-24(39)22(37)19(34)16(8-30)44-28/h2-6,15-16,18-19,21-24,27-34,36-39H,7-8H2,1H3/t15?,16?,18-,19-,21?,22?,23?,24?,27-,28+/m1/s1. The third-order valence-corrected chi connectivity index (χ3v) is 7.52. The van der Waals surface area contributed by atoms with Gasteiger partial charge in [-0.3, -0.25) is 4.79 Å². The lowest BCUT2D eigenvalue weighted by Gasteiger charge is -2.39. The summed E-state index contributed by atoms with van der Waals surface area (Å²) < 4.78 is 33.4. The predicted octanol–water partition coefficient (Wildman–Crippen LogP) is -2.76. The van der Waals surface area contributed by atoms with Gasteiger partial charge in [-0.2, -0.15) is 0 Å². The third-order valence-electron chi connectivity index (χ3n) is 7.52. The van der Waals surface area contributed by atoms with Crippen LogP contribution in [0, 0.1) is 0 Å². The van der Waals surface area contributed by atoms with Crippen molar-refractivity contribution in [2.24, 2.45) is 0 Å². The van der Waals surface area contributed by atoms with Gasteiger partial charge in [0.15, 0.2) is 17.3 Å². The maximum absolute atomic E-state index is 13.7. The molecule has 0 aliphatic carbocycles. The summed E-state index contributed by atoms with van der Waals surface area (Å²) in [6.07, 6.45) is -16.6. The number of aromatic hydroxyl groups is 2. The lowest BCUT2D eigenvalue weighted by Crippen LogP contribution is -2.60. The number of fused-ring (bicyclic) bond motifs is 1. The molecule has 17 heteroatoms. The first-order chi connectivity index (χ1) is 21.4. The molecule has 3 aromatic rings. The zero-order chi connectivity index (χ0) is 32.7. The fraction of sp³-hybridized carbons (Fsp3) is 0.464. The van der Waals surface area contributed by atoms with Crippen LogP contribution in [-0.2, 0) is 9.47 Å². The summed E-state index contributed by atoms with van der Waals surface area (Å²) in [6, 6.07) is 5.83. The van der Waals surface area contributed by atoms with Crippen molar-refractivity contribution in [3.8, 4) is 40.1 Å². The number of rotatable bonds is 8. The summed E-state index contributed by atoms with van der Waals surface area (Å²) in [6.45, 7) is -1.47. The van der Waals surface area contributed by atoms with Crippen LogP contribution in [0.4, 0.5) is 0 Å². The maximum Gasteiger partial charge on any atom is 0.239 e. The predicted molar refractivity (Wildman–Crippen MR) is 147 cm³/mol. The van der Waals surface area contributed by atoms with Gasteiger partial charge < -0.3 is 79.2 Å². The molecular formula is C28H32O17. The fourth-order valence-corrected chi connectivity index (χ4v) is 5.04. The number of benzene rings is 2. The summed E-state index contributed by atoms with van der Waals surface area (Å²) in [7, 11) is 1.25. The van der Waals surface area contributed by atoms with Crippen molar-refractivity contribution in [1.29, 1.82) is 0 Å². The highest BCUT2D eigenvalue weighted by atomic mass is 16.7. The van der Waals surface area contributed by atoms with E-state index in [-0.39, 0.29) is 28.4 Å². The Morgan fingerprint density at radius 1 is 0.733 bits per heavy atom. The van der Waals surface area contributed by atoms with Gasteiger partial charge in [-0.15, -0.1) is 0 Å². The average molecular weight is 641 g/mol. The summed E-state index contributed by atoms with van der Waals surface area (Å²) in [5, 5.41) is 100. The van der Waals surface area contributed by atoms with Crippen molar-refractivity contribution in [2.75, 3.05) is 20.3 Å². The molecule has 0 spiro atoms. The molecule has 2 fully saturated rings. The lowest BCUT2D eigenvalue weighted by molar-refractivity contribution is -0.277. The largest absolute Gasteiger partial charge is 0.508 e. The smallest absolute Gasteiger partial charge is 0.239 e. The Labute approximate surface area is 252 Å². The first-order valence-electron chi connectivity index (χ1n) is 13.6. The molecule has 246 valence electrons. The van der Waals surface area contributed by atoms with E-state index in [0.29, 0.717) is 0 Å². The van der Waals surface area contributed by atoms with E-state index in [1.165, 1.54) is 25.3 Å². The van der Waals surface area contributed by atoms with Gasteiger partial charge >= 0.3 is 0 Å². The second-order valence-corrected chi connectivity index (χ2v) is 10.4. The monoisotopic (exact) mass is 640 g/mol. The zero-order valence-corrected chi connectivity index (χ0v) is 23.4. The first-order valence-corrected chi connectivity index (χ1v) is 13.6. The molecule has 5 rings (SSSR count). The minimum absolute atomic E-state index is 0.0504. The Bertz CT molecular complexity index is 1570. The van der Waals surface area contributed by atoms with Gasteiger partial charge in [0.2, 0.25) is 23.8 Å². The normalized spacial score (nSPS) is 31.9. The van der Waals surface area contributed by atoms with Gasteiger partial charge in [0.25, 0.3) is 0 Å². The van der Waals surface area contributed by atoms with E-state index in [1.54, 1.807) is 0 Å². The van der Waals surface area contributed by atoms with E-state index in [2.05, 4.69) is 0 Å². The van der Waals surface area contributed by atoms with Crippen LogP contribution in [0.3, 0.4) is 0 Å². The number of hydrogen-bond acceptors (Lipinski definition) is 17. The molecule has 0 amide bonds. The van der Waals surface area contributed by atoms with Crippen molar-refractivity contribution < 1.29 is 79.2 Å². The second kappa shape index (κ2) is 12.9. The van der Waals surface area contributed by atoms with Gasteiger partial charge in [-0.25, -0.2) is 0 Å². The average Bonchev–Trinajstić information content (AvgIpc) is 3.02. The third kappa shape index (κ3) is 5.98. The summed E-state index contributed by atoms with van der Waals surface area (Å²) >= 11 is 0. The molecule has 0 bridgehead atoms. The van der Waals surface area contributed by atoms with Crippen LogP contribution in [0.5, 0.6) is 28.7 Å². The molecule has 6 unspecified atom stereocenters. The molecule has 2 aromatic carbocycles. The molecule has 10 atom stereocenters. The van der Waals surface area contributed by atoms with Crippen molar-refractivity contribution in [2.45, 2.75) is 61.4 Å². The van der Waals surface area contributed by atoms with E-state index < -0.39 is 103 Å². The highest BCUT2D eigenvalue weighted by molar-refractivity contribution is 5.88. The van der Waals surface area contributed by atoms with E-state index in [1.807, 2.05) is 0 Å². The number of aliphatic hydroxyl groups excluding tert-OH is 8. The van der Waals surface area contributed by atoms with Crippen LogP contribution in [0.15, 0.2) is 39.5 Å². The number of methoxy groups -OCH3 is 1. The fourth-order valence-electron chi connectivity index (χ4n) is 5.04. The number of hydrogen-bond donors (Lipinski definition) is 10. The van der Waals surface area contributed by atoms with Crippen LogP contribution in [0.1, 0.15) is 0 Å². The van der Waals surface area contributed by atoms with Crippen molar-refractivity contribution in [3.63, 3.8) is 0 Å². The van der Waals surface area contributed by atoms with Crippen LogP contribution >= 0.6 is 0 Å². The Morgan fingerprint density at radius 2 is 1.31 bits per heavy atom. The molecule has 2 aliphatic heterocycles. The molecule has 0 saturated carbocycles. The van der Waals surface area contributed by atoms with Gasteiger partial charge in [-0.05, 0) is 18.2 Å². The van der Waals surface area contributed by atoms with Crippen LogP contribution in [-0.4, -0.2) is 133 Å². The molecule has 3 heterocycles. The van der Waals surface area contributed by atoms with E-state index in [9.17, 15) is 55.9 Å². The minimum atomic E-state index is -1.91. The van der Waals surface area contributed by atoms with Gasteiger partial charge in [0, 0.05) is 17.7 Å². The van der Waals surface area contributed by atoms with Gasteiger partial charge in [0.1, 0.15) is 71.3 Å². The molecular weight excluding hydrogens is 608 g/mol. The van der Waals surface area contributed by atoms with Crippen LogP contribution in [0.25, 0.3) is 22.3 Å². The SMILES string of the molecule is COc1cc(-c2oc3cc(O)cc(O)c3c(=O)c2O[C@@H]2OC(CO)[C@@H](O)C(O)C2O)ccc1O[C@@H]1OC(CO)[C@@H](O)C(O)C1O. The first kappa shape index (κ1) is 32.6. The number of ether oxygens (including phenoxy) is 5.